The molecule has 2 heterocycles. The highest BCUT2D eigenvalue weighted by Crippen LogP contribution is 2.24. The zero-order valence-corrected chi connectivity index (χ0v) is 5.52. The van der Waals surface area contributed by atoms with Crippen molar-refractivity contribution in [3.63, 3.8) is 0 Å². The fourth-order valence-electron chi connectivity index (χ4n) is 0.746. The fraction of sp³-hybridized carbons (Fsp3) is 0.167. The van der Waals surface area contributed by atoms with Crippen LogP contribution in [0, 0.1) is 0 Å². The highest BCUT2D eigenvalue weighted by molar-refractivity contribution is 7.10. The molecule has 0 unspecified atom stereocenters. The highest BCUT2D eigenvalue weighted by Gasteiger charge is 2.05. The van der Waals surface area contributed by atoms with Crippen molar-refractivity contribution in [2.45, 2.75) is 0 Å². The van der Waals surface area contributed by atoms with Crippen LogP contribution < -0.4 is 4.74 Å². The second-order valence-corrected chi connectivity index (χ2v) is 2.62. The van der Waals surface area contributed by atoms with Gasteiger partial charge >= 0.3 is 0 Å². The summed E-state index contributed by atoms with van der Waals surface area (Å²) in [6.07, 6.45) is 4.02. The van der Waals surface area contributed by atoms with Crippen molar-refractivity contribution in [3.8, 4) is 5.88 Å². The number of rotatable bonds is 0. The van der Waals surface area contributed by atoms with Crippen LogP contribution in [0.5, 0.6) is 5.88 Å². The number of hydrogen-bond acceptors (Lipinski definition) is 3. The maximum absolute atomic E-state index is 5.18. The van der Waals surface area contributed by atoms with E-state index in [-0.39, 0.29) is 0 Å². The summed E-state index contributed by atoms with van der Waals surface area (Å²) >= 11 is 1.60. The molecule has 1 aromatic heterocycles. The zero-order chi connectivity index (χ0) is 6.10. The Labute approximate surface area is 56.8 Å². The minimum Gasteiger partial charge on any atom is -0.472 e. The molecule has 46 valence electrons. The maximum atomic E-state index is 5.18. The zero-order valence-electron chi connectivity index (χ0n) is 4.70. The predicted molar refractivity (Wildman–Crippen MR) is 36.6 cm³/mol. The summed E-state index contributed by atoms with van der Waals surface area (Å²) in [5, 5.41) is 0. The molecule has 0 amide bonds. The van der Waals surface area contributed by atoms with Gasteiger partial charge in [0, 0.05) is 0 Å². The first-order valence-electron chi connectivity index (χ1n) is 2.69. The van der Waals surface area contributed by atoms with Gasteiger partial charge in [0.15, 0.2) is 0 Å². The van der Waals surface area contributed by atoms with E-state index < -0.39 is 0 Å². The monoisotopic (exact) mass is 139 g/mol. The van der Waals surface area contributed by atoms with Crippen LogP contribution in [0.4, 0.5) is 0 Å². The Morgan fingerprint density at radius 2 is 2.67 bits per heavy atom. The molecule has 0 spiro atoms. The van der Waals surface area contributed by atoms with E-state index in [9.17, 15) is 0 Å². The Bertz CT molecular complexity index is 241. The van der Waals surface area contributed by atoms with Crippen molar-refractivity contribution in [1.82, 2.24) is 4.98 Å². The fourth-order valence-corrected chi connectivity index (χ4v) is 1.40. The van der Waals surface area contributed by atoms with Crippen molar-refractivity contribution in [2.75, 3.05) is 6.61 Å². The number of ether oxygens (including phenoxy) is 1. The van der Waals surface area contributed by atoms with E-state index in [0.29, 0.717) is 6.61 Å². The minimum atomic E-state index is 0.663. The van der Waals surface area contributed by atoms with Crippen LogP contribution in [0.15, 0.2) is 11.6 Å². The Kier molecular flexibility index (Phi) is 1.02. The van der Waals surface area contributed by atoms with Gasteiger partial charge < -0.3 is 4.74 Å². The number of hydrogen-bond donors (Lipinski definition) is 0. The van der Waals surface area contributed by atoms with Gasteiger partial charge in [0.2, 0.25) is 5.88 Å². The van der Waals surface area contributed by atoms with E-state index in [1.165, 1.54) is 0 Å². The SMILES string of the molecule is C1=Cc2scnc2OC1. The van der Waals surface area contributed by atoms with Gasteiger partial charge in [-0.2, -0.15) is 0 Å². The van der Waals surface area contributed by atoms with E-state index >= 15 is 0 Å². The van der Waals surface area contributed by atoms with Gasteiger partial charge in [-0.25, -0.2) is 4.98 Å². The average Bonchev–Trinajstić information content (AvgIpc) is 2.33. The van der Waals surface area contributed by atoms with Crippen LogP contribution in [-0.4, -0.2) is 11.6 Å². The van der Waals surface area contributed by atoms with Crippen LogP contribution in [0.3, 0.4) is 0 Å². The Morgan fingerprint density at radius 3 is 3.56 bits per heavy atom. The standard InChI is InChI=1S/C6H5NOS/c1-2-5-6(8-3-1)7-4-9-5/h1-2,4H,3H2. The van der Waals surface area contributed by atoms with E-state index in [2.05, 4.69) is 4.98 Å². The maximum Gasteiger partial charge on any atom is 0.232 e. The van der Waals surface area contributed by atoms with Gasteiger partial charge in [-0.05, 0) is 12.2 Å². The van der Waals surface area contributed by atoms with Crippen LogP contribution in [0.2, 0.25) is 0 Å². The summed E-state index contributed by atoms with van der Waals surface area (Å²) < 4.78 is 5.18. The lowest BCUT2D eigenvalue weighted by atomic mass is 10.4. The summed E-state index contributed by atoms with van der Waals surface area (Å²) in [6, 6.07) is 0. The first kappa shape index (κ1) is 4.99. The molecule has 2 nitrogen and oxygen atoms in total. The van der Waals surface area contributed by atoms with Crippen molar-refractivity contribution in [3.05, 3.63) is 16.5 Å². The van der Waals surface area contributed by atoms with Crippen LogP contribution >= 0.6 is 11.3 Å². The van der Waals surface area contributed by atoms with E-state index in [1.54, 1.807) is 16.8 Å². The molecule has 0 bridgehead atoms. The summed E-state index contributed by atoms with van der Waals surface area (Å²) in [5.74, 6) is 0.780. The molecule has 9 heavy (non-hydrogen) atoms. The lowest BCUT2D eigenvalue weighted by molar-refractivity contribution is 0.347. The molecule has 1 aromatic rings. The number of aromatic nitrogens is 1. The van der Waals surface area contributed by atoms with Crippen molar-refractivity contribution in [1.29, 1.82) is 0 Å². The van der Waals surface area contributed by atoms with Gasteiger partial charge in [-0.1, -0.05) is 0 Å². The minimum absolute atomic E-state index is 0.663. The lowest BCUT2D eigenvalue weighted by Gasteiger charge is -2.03. The Balaban J connectivity index is 2.53. The molecule has 3 heteroatoms. The van der Waals surface area contributed by atoms with Gasteiger partial charge in [0.25, 0.3) is 0 Å². The molecule has 0 saturated heterocycles. The third kappa shape index (κ3) is 0.733. The average molecular weight is 139 g/mol. The number of nitrogens with zero attached hydrogens (tertiary/aromatic N) is 1. The first-order chi connectivity index (χ1) is 4.47. The molecule has 0 radical (unpaired) electrons. The summed E-state index contributed by atoms with van der Waals surface area (Å²) in [7, 11) is 0. The summed E-state index contributed by atoms with van der Waals surface area (Å²) in [6.45, 7) is 0.663. The molecule has 0 N–H and O–H groups in total. The normalized spacial score (nSPS) is 14.7. The second kappa shape index (κ2) is 1.84. The predicted octanol–water partition coefficient (Wildman–Crippen LogP) is 1.55. The molecule has 0 saturated carbocycles. The van der Waals surface area contributed by atoms with Crippen LogP contribution in [0.1, 0.15) is 4.88 Å². The largest absolute Gasteiger partial charge is 0.472 e. The van der Waals surface area contributed by atoms with Crippen LogP contribution in [0.25, 0.3) is 6.08 Å². The molecule has 1 aliphatic heterocycles. The van der Waals surface area contributed by atoms with E-state index in [1.807, 2.05) is 12.2 Å². The molecule has 1 aliphatic rings. The summed E-state index contributed by atoms with van der Waals surface area (Å²) in [5.41, 5.74) is 1.79. The molecule has 0 atom stereocenters. The molecule has 0 fully saturated rings. The quantitative estimate of drug-likeness (QED) is 0.544. The highest BCUT2D eigenvalue weighted by atomic mass is 32.1. The smallest absolute Gasteiger partial charge is 0.232 e. The van der Waals surface area contributed by atoms with Crippen molar-refractivity contribution < 1.29 is 4.74 Å². The van der Waals surface area contributed by atoms with E-state index in [4.69, 9.17) is 4.74 Å². The topological polar surface area (TPSA) is 22.1 Å². The Morgan fingerprint density at radius 1 is 1.67 bits per heavy atom. The molecule has 0 aromatic carbocycles. The number of fused-ring (bicyclic) bond motifs is 1. The van der Waals surface area contributed by atoms with Crippen molar-refractivity contribution >= 4 is 17.4 Å². The van der Waals surface area contributed by atoms with Crippen molar-refractivity contribution in [2.24, 2.45) is 0 Å². The van der Waals surface area contributed by atoms with Gasteiger partial charge in [-0.15, -0.1) is 11.3 Å². The number of thiazole rings is 1. The van der Waals surface area contributed by atoms with Gasteiger partial charge in [-0.3, -0.25) is 0 Å². The third-order valence-corrected chi connectivity index (χ3v) is 1.92. The molecular formula is C6H5NOS. The third-order valence-electron chi connectivity index (χ3n) is 1.15. The van der Waals surface area contributed by atoms with Crippen LogP contribution in [-0.2, 0) is 0 Å². The molecule has 2 rings (SSSR count). The van der Waals surface area contributed by atoms with Gasteiger partial charge in [0.05, 0.1) is 10.4 Å². The van der Waals surface area contributed by atoms with Gasteiger partial charge in [0.1, 0.15) is 6.61 Å². The van der Waals surface area contributed by atoms with E-state index in [0.717, 1.165) is 10.8 Å². The lowest BCUT2D eigenvalue weighted by Crippen LogP contribution is -1.97. The second-order valence-electron chi connectivity index (χ2n) is 1.74. The molecular weight excluding hydrogens is 134 g/mol. The summed E-state index contributed by atoms with van der Waals surface area (Å²) in [4.78, 5) is 5.13. The Hall–Kier alpha value is -0.830. The first-order valence-corrected chi connectivity index (χ1v) is 3.57. The molecule has 0 aliphatic carbocycles.